The van der Waals surface area contributed by atoms with Crippen LogP contribution >= 0.6 is 0 Å². The van der Waals surface area contributed by atoms with Crippen LogP contribution in [0.25, 0.3) is 0 Å². The molecule has 1 atom stereocenters. The standard InChI is InChI=1S/C27H37N3O5S/c1-7-24(26(33)28-27(3,4)5)29(17-16-21-12-9-8-10-13-21)25(32)19-30(36(6,34)35)23-15-11-14-22(18-23)20(2)31/h8-15,18,24H,7,16-17,19H2,1-6H3,(H,28,33)/t24-/m1/s1. The molecule has 0 spiro atoms. The SMILES string of the molecule is CC[C@H](C(=O)NC(C)(C)C)N(CCc1ccccc1)C(=O)CN(c1cccc(C(C)=O)c1)S(C)(=O)=O. The van der Waals surface area contributed by atoms with Gasteiger partial charge in [0.1, 0.15) is 12.6 Å². The van der Waals surface area contributed by atoms with Gasteiger partial charge in [-0.25, -0.2) is 8.42 Å². The second-order valence-corrected chi connectivity index (χ2v) is 11.8. The molecule has 0 aromatic heterocycles. The fourth-order valence-corrected chi connectivity index (χ4v) is 4.68. The largest absolute Gasteiger partial charge is 0.350 e. The van der Waals surface area contributed by atoms with Crippen molar-refractivity contribution in [2.75, 3.05) is 23.7 Å². The fraction of sp³-hybridized carbons (Fsp3) is 0.444. The first-order valence-electron chi connectivity index (χ1n) is 12.0. The molecule has 8 nitrogen and oxygen atoms in total. The van der Waals surface area contributed by atoms with Gasteiger partial charge in [-0.1, -0.05) is 49.4 Å². The predicted molar refractivity (Wildman–Crippen MR) is 142 cm³/mol. The van der Waals surface area contributed by atoms with Crippen LogP contribution < -0.4 is 9.62 Å². The van der Waals surface area contributed by atoms with Gasteiger partial charge < -0.3 is 10.2 Å². The zero-order valence-corrected chi connectivity index (χ0v) is 22.8. The van der Waals surface area contributed by atoms with Crippen molar-refractivity contribution in [3.63, 3.8) is 0 Å². The molecule has 0 bridgehead atoms. The Bertz CT molecular complexity index is 1170. The number of amides is 2. The van der Waals surface area contributed by atoms with E-state index in [0.717, 1.165) is 16.1 Å². The first-order chi connectivity index (χ1) is 16.7. The van der Waals surface area contributed by atoms with Gasteiger partial charge in [-0.05, 0) is 58.2 Å². The molecule has 0 radical (unpaired) electrons. The third-order valence-corrected chi connectivity index (χ3v) is 6.73. The molecular formula is C27H37N3O5S. The lowest BCUT2D eigenvalue weighted by atomic mass is 10.1. The molecule has 0 saturated heterocycles. The van der Waals surface area contributed by atoms with Crippen molar-refractivity contribution < 1.29 is 22.8 Å². The molecule has 2 amide bonds. The molecule has 0 unspecified atom stereocenters. The highest BCUT2D eigenvalue weighted by molar-refractivity contribution is 7.92. The van der Waals surface area contributed by atoms with Crippen LogP contribution in [0.1, 0.15) is 57.0 Å². The summed E-state index contributed by atoms with van der Waals surface area (Å²) in [6.07, 6.45) is 1.88. The maximum atomic E-state index is 13.7. The summed E-state index contributed by atoms with van der Waals surface area (Å²) < 4.78 is 26.4. The summed E-state index contributed by atoms with van der Waals surface area (Å²) in [5.74, 6) is -1.01. The van der Waals surface area contributed by atoms with Crippen LogP contribution in [0.15, 0.2) is 54.6 Å². The fourth-order valence-electron chi connectivity index (χ4n) is 3.84. The van der Waals surface area contributed by atoms with Crippen molar-refractivity contribution in [1.29, 1.82) is 0 Å². The summed E-state index contributed by atoms with van der Waals surface area (Å²) in [6, 6.07) is 15.0. The van der Waals surface area contributed by atoms with Gasteiger partial charge in [0.2, 0.25) is 21.8 Å². The number of carbonyl (C=O) groups excluding carboxylic acids is 3. The zero-order valence-electron chi connectivity index (χ0n) is 21.9. The van der Waals surface area contributed by atoms with Crippen LogP contribution in [-0.4, -0.2) is 61.8 Å². The Hall–Kier alpha value is -3.20. The number of nitrogens with zero attached hydrogens (tertiary/aromatic N) is 2. The van der Waals surface area contributed by atoms with Gasteiger partial charge in [0.25, 0.3) is 0 Å². The topological polar surface area (TPSA) is 104 Å². The van der Waals surface area contributed by atoms with Gasteiger partial charge in [-0.3, -0.25) is 18.7 Å². The van der Waals surface area contributed by atoms with Crippen molar-refractivity contribution in [2.24, 2.45) is 0 Å². The molecule has 9 heteroatoms. The minimum absolute atomic E-state index is 0.216. The minimum atomic E-state index is -3.86. The molecular weight excluding hydrogens is 478 g/mol. The van der Waals surface area contributed by atoms with E-state index in [1.807, 2.05) is 58.0 Å². The molecule has 2 aromatic rings. The Labute approximate surface area is 214 Å². The van der Waals surface area contributed by atoms with Gasteiger partial charge in [0.05, 0.1) is 11.9 Å². The van der Waals surface area contributed by atoms with Crippen LogP contribution in [-0.2, 0) is 26.0 Å². The lowest BCUT2D eigenvalue weighted by Crippen LogP contribution is -2.56. The molecule has 1 N–H and O–H groups in total. The number of sulfonamides is 1. The van der Waals surface area contributed by atoms with Gasteiger partial charge >= 0.3 is 0 Å². The lowest BCUT2D eigenvalue weighted by molar-refractivity contribution is -0.140. The number of benzene rings is 2. The first kappa shape index (κ1) is 29.0. The number of hydrogen-bond donors (Lipinski definition) is 1. The monoisotopic (exact) mass is 515 g/mol. The molecule has 0 fully saturated rings. The summed E-state index contributed by atoms with van der Waals surface area (Å²) in [5.41, 5.74) is 1.06. The molecule has 196 valence electrons. The van der Waals surface area contributed by atoms with Crippen LogP contribution in [0.2, 0.25) is 0 Å². The van der Waals surface area contributed by atoms with Crippen LogP contribution in [0.3, 0.4) is 0 Å². The van der Waals surface area contributed by atoms with E-state index in [9.17, 15) is 22.8 Å². The van der Waals surface area contributed by atoms with Crippen molar-refractivity contribution in [2.45, 2.75) is 59.0 Å². The minimum Gasteiger partial charge on any atom is -0.350 e. The number of hydrogen-bond acceptors (Lipinski definition) is 5. The number of carbonyl (C=O) groups is 3. The number of ketones is 1. The highest BCUT2D eigenvalue weighted by Gasteiger charge is 2.32. The summed E-state index contributed by atoms with van der Waals surface area (Å²) in [6.45, 7) is 8.54. The van der Waals surface area contributed by atoms with Gasteiger partial charge in [0.15, 0.2) is 5.78 Å². The Morgan fingerprint density at radius 1 is 1.00 bits per heavy atom. The summed E-state index contributed by atoms with van der Waals surface area (Å²) >= 11 is 0. The quantitative estimate of drug-likeness (QED) is 0.462. The normalized spacial score (nSPS) is 12.5. The first-order valence-corrected chi connectivity index (χ1v) is 13.8. The number of nitrogens with one attached hydrogen (secondary N) is 1. The van der Waals surface area contributed by atoms with E-state index in [0.29, 0.717) is 18.4 Å². The van der Waals surface area contributed by atoms with Crippen LogP contribution in [0, 0.1) is 0 Å². The molecule has 0 aliphatic carbocycles. The molecule has 2 rings (SSSR count). The second-order valence-electron chi connectivity index (χ2n) is 9.86. The summed E-state index contributed by atoms with van der Waals surface area (Å²) in [7, 11) is -3.86. The predicted octanol–water partition coefficient (Wildman–Crippen LogP) is 3.42. The van der Waals surface area contributed by atoms with Gasteiger partial charge in [-0.2, -0.15) is 0 Å². The third kappa shape index (κ3) is 8.48. The lowest BCUT2D eigenvalue weighted by Gasteiger charge is -2.34. The summed E-state index contributed by atoms with van der Waals surface area (Å²) in [5, 5.41) is 2.94. The average Bonchev–Trinajstić information content (AvgIpc) is 2.78. The third-order valence-electron chi connectivity index (χ3n) is 5.59. The Morgan fingerprint density at radius 3 is 2.17 bits per heavy atom. The molecule has 36 heavy (non-hydrogen) atoms. The highest BCUT2D eigenvalue weighted by Crippen LogP contribution is 2.21. The number of Topliss-reactive ketones (excluding diaryl/α,β-unsaturated/α-hetero) is 1. The highest BCUT2D eigenvalue weighted by atomic mass is 32.2. The van der Waals surface area contributed by atoms with Crippen molar-refractivity contribution in [3.05, 3.63) is 65.7 Å². The Kier molecular flexibility index (Phi) is 9.81. The van der Waals surface area contributed by atoms with Gasteiger partial charge in [0, 0.05) is 17.6 Å². The smallest absolute Gasteiger partial charge is 0.244 e. The Morgan fingerprint density at radius 2 is 1.64 bits per heavy atom. The molecule has 0 aliphatic heterocycles. The molecule has 2 aromatic carbocycles. The second kappa shape index (κ2) is 12.2. The van der Waals surface area contributed by atoms with Crippen LogP contribution in [0.5, 0.6) is 0 Å². The van der Waals surface area contributed by atoms with Crippen molar-refractivity contribution in [1.82, 2.24) is 10.2 Å². The van der Waals surface area contributed by atoms with E-state index in [1.54, 1.807) is 18.2 Å². The number of rotatable bonds is 11. The van der Waals surface area contributed by atoms with E-state index >= 15 is 0 Å². The molecule has 0 aliphatic rings. The van der Waals surface area contributed by atoms with Crippen molar-refractivity contribution in [3.8, 4) is 0 Å². The molecule has 0 heterocycles. The maximum absolute atomic E-state index is 13.7. The molecule has 0 saturated carbocycles. The van der Waals surface area contributed by atoms with Gasteiger partial charge in [-0.15, -0.1) is 0 Å². The van der Waals surface area contributed by atoms with E-state index < -0.39 is 34.1 Å². The Balaban J connectivity index is 2.42. The maximum Gasteiger partial charge on any atom is 0.244 e. The number of anilines is 1. The van der Waals surface area contributed by atoms with E-state index in [1.165, 1.54) is 17.9 Å². The van der Waals surface area contributed by atoms with Crippen LogP contribution in [0.4, 0.5) is 5.69 Å². The average molecular weight is 516 g/mol. The zero-order chi connectivity index (χ0) is 27.1. The van der Waals surface area contributed by atoms with E-state index in [4.69, 9.17) is 0 Å². The van der Waals surface area contributed by atoms with E-state index in [-0.39, 0.29) is 23.9 Å². The van der Waals surface area contributed by atoms with E-state index in [2.05, 4.69) is 5.32 Å². The summed E-state index contributed by atoms with van der Waals surface area (Å²) in [4.78, 5) is 40.1. The van der Waals surface area contributed by atoms with Crippen molar-refractivity contribution >= 4 is 33.3 Å².